The van der Waals surface area contributed by atoms with Crippen LogP contribution in [0.2, 0.25) is 0 Å². The molecule has 1 fully saturated rings. The van der Waals surface area contributed by atoms with Crippen molar-refractivity contribution in [1.29, 1.82) is 0 Å². The molecule has 1 aliphatic rings. The lowest BCUT2D eigenvalue weighted by atomic mass is 10.0. The van der Waals surface area contributed by atoms with Crippen molar-refractivity contribution in [3.05, 3.63) is 35.9 Å². The van der Waals surface area contributed by atoms with Gasteiger partial charge in [0.05, 0.1) is 19.4 Å². The minimum atomic E-state index is -3.19. The molecule has 0 aliphatic carbocycles. The van der Waals surface area contributed by atoms with E-state index in [1.165, 1.54) is 0 Å². The first-order valence-corrected chi connectivity index (χ1v) is 5.23. The topological polar surface area (TPSA) is 37.4 Å². The van der Waals surface area contributed by atoms with E-state index in [1.54, 1.807) is 30.3 Å². The van der Waals surface area contributed by atoms with Crippen LogP contribution in [-0.2, 0) is 16.1 Å². The second-order valence-electron chi connectivity index (χ2n) is 4.07. The van der Waals surface area contributed by atoms with Gasteiger partial charge in [-0.3, -0.25) is 14.5 Å². The van der Waals surface area contributed by atoms with Crippen molar-refractivity contribution in [2.45, 2.75) is 25.3 Å². The number of rotatable bonds is 2. The van der Waals surface area contributed by atoms with Crippen molar-refractivity contribution in [1.82, 2.24) is 4.90 Å². The normalized spacial score (nSPS) is 19.5. The summed E-state index contributed by atoms with van der Waals surface area (Å²) in [4.78, 5) is 23.8. The molecule has 0 saturated carbocycles. The maximum absolute atomic E-state index is 12.9. The maximum Gasteiger partial charge on any atom is 0.265 e. The average Bonchev–Trinajstić information content (AvgIpc) is 2.24. The highest BCUT2D eigenvalue weighted by molar-refractivity contribution is 5.98. The second-order valence-corrected chi connectivity index (χ2v) is 4.07. The van der Waals surface area contributed by atoms with Crippen LogP contribution < -0.4 is 0 Å². The smallest absolute Gasteiger partial charge is 0.265 e. The zero-order valence-corrected chi connectivity index (χ0v) is 9.03. The van der Waals surface area contributed by atoms with Gasteiger partial charge in [-0.25, -0.2) is 8.78 Å². The van der Waals surface area contributed by atoms with Gasteiger partial charge in [-0.05, 0) is 5.56 Å². The van der Waals surface area contributed by atoms with Gasteiger partial charge in [-0.15, -0.1) is 0 Å². The lowest BCUT2D eigenvalue weighted by molar-refractivity contribution is -0.163. The SMILES string of the molecule is O=C1CC(F)(F)CC(=O)N1Cc1ccccc1. The summed E-state index contributed by atoms with van der Waals surface area (Å²) in [5, 5.41) is 0. The van der Waals surface area contributed by atoms with Gasteiger partial charge in [0.25, 0.3) is 5.92 Å². The van der Waals surface area contributed by atoms with Gasteiger partial charge in [0.2, 0.25) is 11.8 Å². The Labute approximate surface area is 97.0 Å². The first kappa shape index (κ1) is 11.7. The number of nitrogens with zero attached hydrogens (tertiary/aromatic N) is 1. The number of piperidine rings is 1. The Morgan fingerprint density at radius 1 is 1.06 bits per heavy atom. The summed E-state index contributed by atoms with van der Waals surface area (Å²) < 4.78 is 25.9. The van der Waals surface area contributed by atoms with Crippen molar-refractivity contribution >= 4 is 11.8 Å². The average molecular weight is 239 g/mol. The molecule has 0 spiro atoms. The predicted octanol–water partition coefficient (Wildman–Crippen LogP) is 1.97. The van der Waals surface area contributed by atoms with E-state index in [-0.39, 0.29) is 6.54 Å². The van der Waals surface area contributed by atoms with Gasteiger partial charge < -0.3 is 0 Å². The molecule has 1 aliphatic heterocycles. The van der Waals surface area contributed by atoms with Gasteiger partial charge in [-0.1, -0.05) is 30.3 Å². The first-order valence-electron chi connectivity index (χ1n) is 5.23. The lowest BCUT2D eigenvalue weighted by Crippen LogP contribution is -2.47. The Kier molecular flexibility index (Phi) is 2.92. The summed E-state index contributed by atoms with van der Waals surface area (Å²) in [6.45, 7) is 0.0641. The van der Waals surface area contributed by atoms with Crippen LogP contribution in [0.25, 0.3) is 0 Å². The van der Waals surface area contributed by atoms with E-state index in [0.29, 0.717) is 0 Å². The largest absolute Gasteiger partial charge is 0.278 e. The third kappa shape index (κ3) is 2.67. The summed E-state index contributed by atoms with van der Waals surface area (Å²) >= 11 is 0. The van der Waals surface area contributed by atoms with Crippen LogP contribution in [0.5, 0.6) is 0 Å². The molecule has 5 heteroatoms. The van der Waals surface area contributed by atoms with Crippen LogP contribution in [0.3, 0.4) is 0 Å². The number of hydrogen-bond donors (Lipinski definition) is 0. The predicted molar refractivity (Wildman–Crippen MR) is 56.2 cm³/mol. The number of imide groups is 1. The van der Waals surface area contributed by atoms with E-state index < -0.39 is 30.6 Å². The standard InChI is InChI=1S/C12H11F2NO2/c13-12(14)6-10(16)15(11(17)7-12)8-9-4-2-1-3-5-9/h1-5H,6-8H2. The van der Waals surface area contributed by atoms with Crippen LogP contribution in [0.1, 0.15) is 18.4 Å². The second kappa shape index (κ2) is 4.24. The molecule has 0 N–H and O–H groups in total. The molecule has 3 nitrogen and oxygen atoms in total. The highest BCUT2D eigenvalue weighted by Gasteiger charge is 2.44. The van der Waals surface area contributed by atoms with Gasteiger partial charge in [0, 0.05) is 0 Å². The van der Waals surface area contributed by atoms with Gasteiger partial charge >= 0.3 is 0 Å². The Morgan fingerprint density at radius 3 is 2.12 bits per heavy atom. The number of halogens is 2. The fourth-order valence-corrected chi connectivity index (χ4v) is 1.78. The van der Waals surface area contributed by atoms with E-state index in [9.17, 15) is 18.4 Å². The lowest BCUT2D eigenvalue weighted by Gasteiger charge is -2.29. The van der Waals surface area contributed by atoms with Crippen LogP contribution in [0.15, 0.2) is 30.3 Å². The maximum atomic E-state index is 12.9. The number of benzene rings is 1. The molecule has 17 heavy (non-hydrogen) atoms. The van der Waals surface area contributed by atoms with Crippen LogP contribution in [0, 0.1) is 0 Å². The monoisotopic (exact) mass is 239 g/mol. The Morgan fingerprint density at radius 2 is 1.59 bits per heavy atom. The van der Waals surface area contributed by atoms with E-state index in [1.807, 2.05) is 0 Å². The molecule has 1 heterocycles. The van der Waals surface area contributed by atoms with Crippen molar-refractivity contribution in [3.63, 3.8) is 0 Å². The quantitative estimate of drug-likeness (QED) is 0.740. The fraction of sp³-hybridized carbons (Fsp3) is 0.333. The number of amides is 2. The fourth-order valence-electron chi connectivity index (χ4n) is 1.78. The first-order chi connectivity index (χ1) is 7.98. The third-order valence-electron chi connectivity index (χ3n) is 2.61. The molecule has 1 aromatic rings. The number of alkyl halides is 2. The Bertz CT molecular complexity index is 425. The van der Waals surface area contributed by atoms with E-state index in [2.05, 4.69) is 0 Å². The number of carbonyl (C=O) groups excluding carboxylic acids is 2. The molecular weight excluding hydrogens is 228 g/mol. The van der Waals surface area contributed by atoms with Gasteiger partial charge in [0.1, 0.15) is 0 Å². The van der Waals surface area contributed by atoms with Gasteiger partial charge in [0.15, 0.2) is 0 Å². The number of carbonyl (C=O) groups is 2. The molecule has 0 atom stereocenters. The number of likely N-dealkylation sites (tertiary alicyclic amines) is 1. The zero-order valence-electron chi connectivity index (χ0n) is 9.03. The summed E-state index contributed by atoms with van der Waals surface area (Å²) in [6.07, 6.45) is -1.77. The van der Waals surface area contributed by atoms with Crippen LogP contribution in [0.4, 0.5) is 8.78 Å². The van der Waals surface area contributed by atoms with E-state index in [0.717, 1.165) is 10.5 Å². The summed E-state index contributed by atoms with van der Waals surface area (Å²) in [7, 11) is 0. The molecule has 2 amide bonds. The summed E-state index contributed by atoms with van der Waals surface area (Å²) in [5.74, 6) is -4.81. The summed E-state index contributed by atoms with van der Waals surface area (Å²) in [6, 6.07) is 8.82. The van der Waals surface area contributed by atoms with Crippen molar-refractivity contribution in [2.75, 3.05) is 0 Å². The highest BCUT2D eigenvalue weighted by atomic mass is 19.3. The van der Waals surface area contributed by atoms with E-state index >= 15 is 0 Å². The van der Waals surface area contributed by atoms with Crippen molar-refractivity contribution < 1.29 is 18.4 Å². The van der Waals surface area contributed by atoms with Crippen LogP contribution in [-0.4, -0.2) is 22.6 Å². The highest BCUT2D eigenvalue weighted by Crippen LogP contribution is 2.30. The van der Waals surface area contributed by atoms with Gasteiger partial charge in [-0.2, -0.15) is 0 Å². The Hall–Kier alpha value is -1.78. The van der Waals surface area contributed by atoms with Crippen LogP contribution >= 0.6 is 0 Å². The number of hydrogen-bond acceptors (Lipinski definition) is 2. The minimum absolute atomic E-state index is 0.0641. The minimum Gasteiger partial charge on any atom is -0.278 e. The molecule has 0 unspecified atom stereocenters. The third-order valence-corrected chi connectivity index (χ3v) is 2.61. The zero-order chi connectivity index (χ0) is 12.5. The van der Waals surface area contributed by atoms with Crippen molar-refractivity contribution in [2.24, 2.45) is 0 Å². The molecule has 1 aromatic carbocycles. The van der Waals surface area contributed by atoms with Crippen molar-refractivity contribution in [3.8, 4) is 0 Å². The molecular formula is C12H11F2NO2. The van der Waals surface area contributed by atoms with E-state index in [4.69, 9.17) is 0 Å². The molecule has 0 aromatic heterocycles. The molecule has 90 valence electrons. The molecule has 0 bridgehead atoms. The Balaban J connectivity index is 2.12. The molecule has 1 saturated heterocycles. The molecule has 0 radical (unpaired) electrons. The summed E-state index contributed by atoms with van der Waals surface area (Å²) in [5.41, 5.74) is 0.749. The molecule has 2 rings (SSSR count).